The molecule has 5 aromatic rings. The van der Waals surface area contributed by atoms with E-state index in [4.69, 9.17) is 9.72 Å². The molecule has 1 atom stereocenters. The summed E-state index contributed by atoms with van der Waals surface area (Å²) in [6, 6.07) is 17.4. The Labute approximate surface area is 237 Å². The van der Waals surface area contributed by atoms with Crippen LogP contribution in [0.5, 0.6) is 0 Å². The monoisotopic (exact) mass is 576 g/mol. The summed E-state index contributed by atoms with van der Waals surface area (Å²) in [6.07, 6.45) is -1.06. The molecule has 0 bridgehead atoms. The molecule has 3 heterocycles. The number of rotatable bonds is 6. The van der Waals surface area contributed by atoms with Gasteiger partial charge in [0, 0.05) is 23.5 Å². The summed E-state index contributed by atoms with van der Waals surface area (Å²) in [6.45, 7) is 0.545. The van der Waals surface area contributed by atoms with Gasteiger partial charge >= 0.3 is 6.18 Å². The molecule has 0 radical (unpaired) electrons. The summed E-state index contributed by atoms with van der Waals surface area (Å²) in [4.78, 5) is 26.3. The Morgan fingerprint density at radius 3 is 2.55 bits per heavy atom. The van der Waals surface area contributed by atoms with Crippen molar-refractivity contribution < 1.29 is 27.1 Å². The Morgan fingerprint density at radius 2 is 1.76 bits per heavy atom. The van der Waals surface area contributed by atoms with Gasteiger partial charge in [0.05, 0.1) is 11.1 Å². The predicted octanol–water partition coefficient (Wildman–Crippen LogP) is 7.35. The highest BCUT2D eigenvalue weighted by Crippen LogP contribution is 2.36. The minimum Gasteiger partial charge on any atom is -0.358 e. The van der Waals surface area contributed by atoms with Crippen molar-refractivity contribution in [2.24, 2.45) is 0 Å². The molecule has 12 heteroatoms. The van der Waals surface area contributed by atoms with Crippen LogP contribution in [0, 0.1) is 5.82 Å². The number of aromatic nitrogens is 4. The number of nitrogens with zero attached hydrogens (tertiary/aromatic N) is 4. The van der Waals surface area contributed by atoms with Crippen LogP contribution in [0.4, 0.5) is 34.8 Å². The smallest absolute Gasteiger partial charge is 0.358 e. The summed E-state index contributed by atoms with van der Waals surface area (Å²) in [5, 5.41) is 5.68. The van der Waals surface area contributed by atoms with E-state index >= 15 is 0 Å². The van der Waals surface area contributed by atoms with Gasteiger partial charge in [-0.25, -0.2) is 19.3 Å². The van der Waals surface area contributed by atoms with E-state index in [1.54, 1.807) is 30.3 Å². The van der Waals surface area contributed by atoms with Crippen LogP contribution < -0.4 is 10.6 Å². The van der Waals surface area contributed by atoms with E-state index in [1.807, 2.05) is 4.57 Å². The van der Waals surface area contributed by atoms with E-state index in [1.165, 1.54) is 36.7 Å². The molecule has 1 fully saturated rings. The first-order valence-corrected chi connectivity index (χ1v) is 13.2. The van der Waals surface area contributed by atoms with Crippen molar-refractivity contribution in [2.75, 3.05) is 17.2 Å². The average Bonchev–Trinajstić information content (AvgIpc) is 3.38. The molecule has 0 spiro atoms. The fourth-order valence-electron chi connectivity index (χ4n) is 4.89. The Bertz CT molecular complexity index is 1760. The topological polar surface area (TPSA) is 94.0 Å². The summed E-state index contributed by atoms with van der Waals surface area (Å²) in [5.74, 6) is -0.555. The molecule has 6 rings (SSSR count). The van der Waals surface area contributed by atoms with E-state index in [0.29, 0.717) is 41.3 Å². The summed E-state index contributed by atoms with van der Waals surface area (Å²) < 4.78 is 62.0. The number of ether oxygens (including phenoxy) is 1. The first-order chi connectivity index (χ1) is 20.3. The molecule has 8 nitrogen and oxygen atoms in total. The largest absolute Gasteiger partial charge is 0.416 e. The number of nitrogens with one attached hydrogen (secondary N) is 2. The van der Waals surface area contributed by atoms with E-state index in [9.17, 15) is 22.4 Å². The Hall–Kier alpha value is -4.84. The highest BCUT2D eigenvalue weighted by atomic mass is 19.4. The standard InChI is InChI=1S/C30H24F4N6O2/c31-23-12-2-1-11-22(23)29(41)38-20-9-5-7-18(15-20)27-39-25-26(37-21-10-6-8-19(16-21)30(32,33)34)35-17-36-28(25)40(27)24-13-3-4-14-42-24/h1-2,5-12,15-17,24H,3-4,13-14H2,(H,38,41)(H,35,36,37). The lowest BCUT2D eigenvalue weighted by molar-refractivity contribution is -0.137. The van der Waals surface area contributed by atoms with Gasteiger partial charge in [-0.15, -0.1) is 0 Å². The van der Waals surface area contributed by atoms with E-state index < -0.39 is 29.7 Å². The van der Waals surface area contributed by atoms with Crippen molar-refractivity contribution in [3.05, 3.63) is 96.1 Å². The summed E-state index contributed by atoms with van der Waals surface area (Å²) in [7, 11) is 0. The number of halogens is 4. The van der Waals surface area contributed by atoms with Gasteiger partial charge < -0.3 is 15.4 Å². The summed E-state index contributed by atoms with van der Waals surface area (Å²) >= 11 is 0. The molecule has 2 N–H and O–H groups in total. The van der Waals surface area contributed by atoms with E-state index in [2.05, 4.69) is 20.6 Å². The first-order valence-electron chi connectivity index (χ1n) is 13.2. The maximum atomic E-state index is 14.2. The van der Waals surface area contributed by atoms with Crippen LogP contribution in [0.2, 0.25) is 0 Å². The van der Waals surface area contributed by atoms with Crippen LogP contribution >= 0.6 is 0 Å². The number of carbonyl (C=O) groups excluding carboxylic acids is 1. The molecular formula is C30H24F4N6O2. The molecule has 0 saturated carbocycles. The Balaban J connectivity index is 1.41. The fourth-order valence-corrected chi connectivity index (χ4v) is 4.89. The van der Waals surface area contributed by atoms with E-state index in [-0.39, 0.29) is 17.1 Å². The minimum atomic E-state index is -4.50. The maximum absolute atomic E-state index is 14.2. The minimum absolute atomic E-state index is 0.0914. The highest BCUT2D eigenvalue weighted by molar-refractivity contribution is 6.04. The normalized spacial score (nSPS) is 15.5. The lowest BCUT2D eigenvalue weighted by atomic mass is 10.1. The van der Waals surface area contributed by atoms with Crippen LogP contribution in [0.15, 0.2) is 79.1 Å². The molecule has 214 valence electrons. The molecule has 1 aliphatic heterocycles. The third kappa shape index (κ3) is 5.53. The van der Waals surface area contributed by atoms with Crippen molar-refractivity contribution >= 4 is 34.3 Å². The zero-order valence-corrected chi connectivity index (χ0v) is 22.0. The first kappa shape index (κ1) is 27.3. The second-order valence-electron chi connectivity index (χ2n) is 9.74. The molecular weight excluding hydrogens is 552 g/mol. The highest BCUT2D eigenvalue weighted by Gasteiger charge is 2.31. The fraction of sp³-hybridized carbons (Fsp3) is 0.200. The van der Waals surface area contributed by atoms with E-state index in [0.717, 1.165) is 25.0 Å². The van der Waals surface area contributed by atoms with Crippen molar-refractivity contribution in [1.82, 2.24) is 19.5 Å². The van der Waals surface area contributed by atoms with Gasteiger partial charge in [-0.1, -0.05) is 30.3 Å². The molecule has 1 aliphatic rings. The number of hydrogen-bond acceptors (Lipinski definition) is 6. The third-order valence-corrected chi connectivity index (χ3v) is 6.87. The van der Waals surface area contributed by atoms with Crippen LogP contribution in [-0.4, -0.2) is 32.0 Å². The molecule has 3 aromatic carbocycles. The number of anilines is 3. The van der Waals surface area contributed by atoms with Crippen LogP contribution in [0.1, 0.15) is 41.4 Å². The molecule has 1 amide bonds. The molecule has 1 unspecified atom stereocenters. The number of imidazole rings is 1. The van der Waals surface area contributed by atoms with Gasteiger partial charge in [0.15, 0.2) is 17.0 Å². The van der Waals surface area contributed by atoms with Crippen molar-refractivity contribution in [3.63, 3.8) is 0 Å². The van der Waals surface area contributed by atoms with Gasteiger partial charge in [0.1, 0.15) is 24.2 Å². The van der Waals surface area contributed by atoms with Crippen molar-refractivity contribution in [3.8, 4) is 11.4 Å². The third-order valence-electron chi connectivity index (χ3n) is 6.87. The van der Waals surface area contributed by atoms with Crippen LogP contribution in [-0.2, 0) is 10.9 Å². The average molecular weight is 577 g/mol. The van der Waals surface area contributed by atoms with Crippen LogP contribution in [0.25, 0.3) is 22.6 Å². The van der Waals surface area contributed by atoms with Gasteiger partial charge in [0.25, 0.3) is 5.91 Å². The number of hydrogen-bond donors (Lipinski definition) is 2. The van der Waals surface area contributed by atoms with Crippen LogP contribution in [0.3, 0.4) is 0 Å². The molecule has 0 aliphatic carbocycles. The quantitative estimate of drug-likeness (QED) is 0.205. The molecule has 42 heavy (non-hydrogen) atoms. The zero-order valence-electron chi connectivity index (χ0n) is 22.0. The molecule has 2 aromatic heterocycles. The number of benzene rings is 3. The summed E-state index contributed by atoms with van der Waals surface area (Å²) in [5.41, 5.74) is 1.09. The second kappa shape index (κ2) is 11.2. The molecule has 1 saturated heterocycles. The van der Waals surface area contributed by atoms with Crippen molar-refractivity contribution in [2.45, 2.75) is 31.7 Å². The number of carbonyl (C=O) groups is 1. The zero-order chi connectivity index (χ0) is 29.3. The van der Waals surface area contributed by atoms with Gasteiger partial charge in [0.2, 0.25) is 0 Å². The van der Waals surface area contributed by atoms with Gasteiger partial charge in [-0.3, -0.25) is 9.36 Å². The number of fused-ring (bicyclic) bond motifs is 1. The predicted molar refractivity (Wildman–Crippen MR) is 149 cm³/mol. The van der Waals surface area contributed by atoms with Gasteiger partial charge in [-0.2, -0.15) is 13.2 Å². The Morgan fingerprint density at radius 1 is 0.952 bits per heavy atom. The number of alkyl halides is 3. The Kier molecular flexibility index (Phi) is 7.29. The number of amides is 1. The van der Waals surface area contributed by atoms with Gasteiger partial charge in [-0.05, 0) is 61.7 Å². The lowest BCUT2D eigenvalue weighted by Crippen LogP contribution is -2.19. The van der Waals surface area contributed by atoms with Crippen molar-refractivity contribution in [1.29, 1.82) is 0 Å². The second-order valence-corrected chi connectivity index (χ2v) is 9.74. The maximum Gasteiger partial charge on any atom is 0.416 e. The SMILES string of the molecule is O=C(Nc1cccc(-c2nc3c(Nc4cccc(C(F)(F)F)c4)ncnc3n2C2CCCCO2)c1)c1ccccc1F. The lowest BCUT2D eigenvalue weighted by Gasteiger charge is -2.25.